The van der Waals surface area contributed by atoms with Crippen LogP contribution < -0.4 is 9.47 Å². The smallest absolute Gasteiger partial charge is 0.126 e. The van der Waals surface area contributed by atoms with Crippen LogP contribution in [0.3, 0.4) is 0 Å². The fraction of sp³-hybridized carbons (Fsp3) is 0.600. The normalized spacial score (nSPS) is 23.7. The standard InChI is InChI=1S/C20H28O3/c1-14(15(2)12-19-20(3,4)23-19)9-11-21-17-8-7-16-6-5-10-22-18(16)13-17/h7-9,13,15,19H,5-6,10-12H2,1-4H3/b14-9+. The van der Waals surface area contributed by atoms with Crippen molar-refractivity contribution in [2.75, 3.05) is 13.2 Å². The van der Waals surface area contributed by atoms with Crippen molar-refractivity contribution in [2.45, 2.75) is 58.7 Å². The molecule has 3 nitrogen and oxygen atoms in total. The Morgan fingerprint density at radius 1 is 1.43 bits per heavy atom. The summed E-state index contributed by atoms with van der Waals surface area (Å²) in [6, 6.07) is 6.18. The molecule has 1 aromatic carbocycles. The number of allylic oxidation sites excluding steroid dienone is 1. The van der Waals surface area contributed by atoms with Crippen molar-refractivity contribution in [3.63, 3.8) is 0 Å². The molecule has 2 aliphatic rings. The van der Waals surface area contributed by atoms with Gasteiger partial charge in [-0.15, -0.1) is 0 Å². The highest BCUT2D eigenvalue weighted by atomic mass is 16.6. The topological polar surface area (TPSA) is 31.0 Å². The zero-order chi connectivity index (χ0) is 16.4. The molecular weight excluding hydrogens is 288 g/mol. The molecule has 3 rings (SSSR count). The van der Waals surface area contributed by atoms with Crippen LogP contribution in [0, 0.1) is 5.92 Å². The van der Waals surface area contributed by atoms with E-state index >= 15 is 0 Å². The van der Waals surface area contributed by atoms with Crippen LogP contribution in [0.15, 0.2) is 29.8 Å². The third-order valence-electron chi connectivity index (χ3n) is 5.05. The lowest BCUT2D eigenvalue weighted by molar-refractivity contribution is 0.284. The van der Waals surface area contributed by atoms with Gasteiger partial charge < -0.3 is 14.2 Å². The van der Waals surface area contributed by atoms with E-state index in [0.29, 0.717) is 18.6 Å². The molecule has 2 unspecified atom stereocenters. The van der Waals surface area contributed by atoms with E-state index in [9.17, 15) is 0 Å². The number of aryl methyl sites for hydroxylation is 1. The van der Waals surface area contributed by atoms with E-state index < -0.39 is 0 Å². The van der Waals surface area contributed by atoms with Gasteiger partial charge in [-0.2, -0.15) is 0 Å². The summed E-state index contributed by atoms with van der Waals surface area (Å²) in [5, 5.41) is 0. The zero-order valence-electron chi connectivity index (χ0n) is 14.7. The lowest BCUT2D eigenvalue weighted by Crippen LogP contribution is -2.09. The Hall–Kier alpha value is -1.48. The fourth-order valence-corrected chi connectivity index (χ4v) is 3.05. The third kappa shape index (κ3) is 4.08. The van der Waals surface area contributed by atoms with Crippen molar-refractivity contribution >= 4 is 0 Å². The largest absolute Gasteiger partial charge is 0.493 e. The predicted octanol–water partition coefficient (Wildman–Crippen LogP) is 4.54. The minimum absolute atomic E-state index is 0.0776. The third-order valence-corrected chi connectivity index (χ3v) is 5.05. The summed E-state index contributed by atoms with van der Waals surface area (Å²) < 4.78 is 17.2. The van der Waals surface area contributed by atoms with Crippen LogP contribution in [0.2, 0.25) is 0 Å². The van der Waals surface area contributed by atoms with E-state index in [2.05, 4.69) is 39.8 Å². The molecule has 2 atom stereocenters. The summed E-state index contributed by atoms with van der Waals surface area (Å²) in [6.45, 7) is 10.2. The molecule has 1 aromatic rings. The molecule has 0 saturated carbocycles. The van der Waals surface area contributed by atoms with Gasteiger partial charge in [-0.3, -0.25) is 0 Å². The highest BCUT2D eigenvalue weighted by Gasteiger charge is 2.47. The van der Waals surface area contributed by atoms with E-state index in [1.54, 1.807) is 0 Å². The second kappa shape index (κ2) is 6.56. The Balaban J connectivity index is 1.49. The van der Waals surface area contributed by atoms with Gasteiger partial charge in [-0.05, 0) is 63.7 Å². The zero-order valence-corrected chi connectivity index (χ0v) is 14.7. The average molecular weight is 316 g/mol. The lowest BCUT2D eigenvalue weighted by Gasteiger charge is -2.18. The number of rotatable bonds is 6. The van der Waals surface area contributed by atoms with Crippen LogP contribution in [-0.4, -0.2) is 24.9 Å². The van der Waals surface area contributed by atoms with Gasteiger partial charge in [0.15, 0.2) is 0 Å². The summed E-state index contributed by atoms with van der Waals surface area (Å²) in [7, 11) is 0. The summed E-state index contributed by atoms with van der Waals surface area (Å²) in [5.74, 6) is 2.39. The van der Waals surface area contributed by atoms with Crippen molar-refractivity contribution in [3.05, 3.63) is 35.4 Å². The van der Waals surface area contributed by atoms with Crippen molar-refractivity contribution in [1.29, 1.82) is 0 Å². The van der Waals surface area contributed by atoms with Crippen LogP contribution in [0.5, 0.6) is 11.5 Å². The van der Waals surface area contributed by atoms with E-state index in [1.165, 1.54) is 11.1 Å². The van der Waals surface area contributed by atoms with Crippen LogP contribution in [0.25, 0.3) is 0 Å². The van der Waals surface area contributed by atoms with E-state index in [-0.39, 0.29) is 5.60 Å². The highest BCUT2D eigenvalue weighted by Crippen LogP contribution is 2.40. The molecule has 1 fully saturated rings. The molecule has 0 aromatic heterocycles. The molecule has 0 amide bonds. The van der Waals surface area contributed by atoms with Crippen molar-refractivity contribution in [2.24, 2.45) is 5.92 Å². The second-order valence-corrected chi connectivity index (χ2v) is 7.33. The van der Waals surface area contributed by atoms with Gasteiger partial charge in [0.2, 0.25) is 0 Å². The molecule has 0 aliphatic carbocycles. The molecule has 3 heteroatoms. The summed E-state index contributed by atoms with van der Waals surface area (Å²) in [6.07, 6.45) is 5.88. The summed E-state index contributed by atoms with van der Waals surface area (Å²) in [5.41, 5.74) is 2.73. The number of hydrogen-bond acceptors (Lipinski definition) is 3. The molecule has 2 aliphatic heterocycles. The molecule has 23 heavy (non-hydrogen) atoms. The SMILES string of the molecule is C/C(=C\COc1ccc2c(c1)OCCC2)C(C)CC1OC1(C)C. The number of ether oxygens (including phenoxy) is 3. The molecule has 0 radical (unpaired) electrons. The van der Waals surface area contributed by atoms with Crippen LogP contribution in [0.1, 0.15) is 46.1 Å². The molecule has 1 saturated heterocycles. The van der Waals surface area contributed by atoms with E-state index in [1.807, 2.05) is 12.1 Å². The van der Waals surface area contributed by atoms with Crippen molar-refractivity contribution in [3.8, 4) is 11.5 Å². The molecule has 0 bridgehead atoms. The Morgan fingerprint density at radius 3 is 2.96 bits per heavy atom. The Kier molecular flexibility index (Phi) is 4.67. The van der Waals surface area contributed by atoms with Crippen LogP contribution in [0.4, 0.5) is 0 Å². The predicted molar refractivity (Wildman–Crippen MR) is 92.2 cm³/mol. The first-order chi connectivity index (χ1) is 11.0. The highest BCUT2D eigenvalue weighted by molar-refractivity contribution is 5.41. The Morgan fingerprint density at radius 2 is 2.22 bits per heavy atom. The van der Waals surface area contributed by atoms with Gasteiger partial charge in [0, 0.05) is 6.07 Å². The Bertz CT molecular complexity index is 589. The number of hydrogen-bond donors (Lipinski definition) is 0. The van der Waals surface area contributed by atoms with Gasteiger partial charge in [0.25, 0.3) is 0 Å². The van der Waals surface area contributed by atoms with Gasteiger partial charge >= 0.3 is 0 Å². The van der Waals surface area contributed by atoms with Crippen LogP contribution >= 0.6 is 0 Å². The minimum atomic E-state index is 0.0776. The second-order valence-electron chi connectivity index (χ2n) is 7.33. The number of fused-ring (bicyclic) bond motifs is 1. The average Bonchev–Trinajstić information content (AvgIpc) is 3.13. The molecule has 126 valence electrons. The maximum absolute atomic E-state index is 5.87. The molecule has 0 spiro atoms. The fourth-order valence-electron chi connectivity index (χ4n) is 3.05. The molecule has 0 N–H and O–H groups in total. The summed E-state index contributed by atoms with van der Waals surface area (Å²) >= 11 is 0. The van der Waals surface area contributed by atoms with E-state index in [0.717, 1.165) is 37.4 Å². The molecule has 2 heterocycles. The van der Waals surface area contributed by atoms with Gasteiger partial charge in [0.05, 0.1) is 18.3 Å². The maximum atomic E-state index is 5.87. The van der Waals surface area contributed by atoms with Gasteiger partial charge in [-0.1, -0.05) is 18.6 Å². The monoisotopic (exact) mass is 316 g/mol. The first-order valence-electron chi connectivity index (χ1n) is 8.69. The first-order valence-corrected chi connectivity index (χ1v) is 8.69. The Labute approximate surface area is 139 Å². The first kappa shape index (κ1) is 16.4. The maximum Gasteiger partial charge on any atom is 0.126 e. The number of benzene rings is 1. The lowest BCUT2D eigenvalue weighted by atomic mass is 9.93. The molecular formula is C20H28O3. The van der Waals surface area contributed by atoms with Crippen molar-refractivity contribution < 1.29 is 14.2 Å². The van der Waals surface area contributed by atoms with E-state index in [4.69, 9.17) is 14.2 Å². The van der Waals surface area contributed by atoms with Crippen LogP contribution in [-0.2, 0) is 11.2 Å². The van der Waals surface area contributed by atoms with Gasteiger partial charge in [0.1, 0.15) is 18.1 Å². The minimum Gasteiger partial charge on any atom is -0.493 e. The quantitative estimate of drug-likeness (QED) is 0.570. The van der Waals surface area contributed by atoms with Crippen molar-refractivity contribution in [1.82, 2.24) is 0 Å². The number of epoxide rings is 1. The summed E-state index contributed by atoms with van der Waals surface area (Å²) in [4.78, 5) is 0. The van der Waals surface area contributed by atoms with Gasteiger partial charge in [-0.25, -0.2) is 0 Å².